The highest BCUT2D eigenvalue weighted by atomic mass is 15.3. The number of rotatable bonds is 3. The first-order valence-electron chi connectivity index (χ1n) is 5.09. The summed E-state index contributed by atoms with van der Waals surface area (Å²) < 4.78 is 2.25. The molecule has 1 saturated carbocycles. The first-order valence-corrected chi connectivity index (χ1v) is 5.09. The van der Waals surface area contributed by atoms with E-state index < -0.39 is 0 Å². The van der Waals surface area contributed by atoms with E-state index in [0.717, 1.165) is 5.82 Å². The molecular formula is C10H17N3. The Balaban J connectivity index is 2.22. The van der Waals surface area contributed by atoms with Crippen LogP contribution in [0.3, 0.4) is 0 Å². The summed E-state index contributed by atoms with van der Waals surface area (Å²) in [6, 6.07) is 0.700. The van der Waals surface area contributed by atoms with Crippen molar-refractivity contribution in [1.82, 2.24) is 14.8 Å². The second-order valence-electron chi connectivity index (χ2n) is 4.36. The van der Waals surface area contributed by atoms with Crippen LogP contribution in [0.2, 0.25) is 0 Å². The summed E-state index contributed by atoms with van der Waals surface area (Å²) in [7, 11) is 0. The highest BCUT2D eigenvalue weighted by Gasteiger charge is 2.28. The quantitative estimate of drug-likeness (QED) is 0.713. The van der Waals surface area contributed by atoms with E-state index >= 15 is 0 Å². The Morgan fingerprint density at radius 1 is 1.38 bits per heavy atom. The van der Waals surface area contributed by atoms with Gasteiger partial charge in [-0.05, 0) is 18.8 Å². The number of hydrogen-bond acceptors (Lipinski definition) is 2. The molecule has 1 atom stereocenters. The van der Waals surface area contributed by atoms with Crippen molar-refractivity contribution in [2.75, 3.05) is 0 Å². The van der Waals surface area contributed by atoms with Gasteiger partial charge >= 0.3 is 0 Å². The molecule has 1 aliphatic rings. The Labute approximate surface area is 79.2 Å². The van der Waals surface area contributed by atoms with E-state index in [4.69, 9.17) is 0 Å². The number of aromatic nitrogens is 3. The van der Waals surface area contributed by atoms with Crippen LogP contribution in [0.1, 0.15) is 51.4 Å². The molecule has 72 valence electrons. The van der Waals surface area contributed by atoms with Crippen LogP contribution in [-0.2, 0) is 0 Å². The molecule has 3 nitrogen and oxygen atoms in total. The molecule has 1 heterocycles. The van der Waals surface area contributed by atoms with Crippen molar-refractivity contribution in [1.29, 1.82) is 0 Å². The molecule has 0 spiro atoms. The first-order chi connectivity index (χ1) is 6.20. The van der Waals surface area contributed by atoms with Crippen molar-refractivity contribution in [2.24, 2.45) is 5.92 Å². The summed E-state index contributed by atoms with van der Waals surface area (Å²) in [6.07, 6.45) is 4.48. The Kier molecular flexibility index (Phi) is 2.10. The van der Waals surface area contributed by atoms with Crippen LogP contribution in [0, 0.1) is 5.92 Å². The molecule has 2 rings (SSSR count). The molecule has 0 radical (unpaired) electrons. The van der Waals surface area contributed by atoms with Crippen LogP contribution in [0.25, 0.3) is 0 Å². The molecule has 0 N–H and O–H groups in total. The largest absolute Gasteiger partial charge is 0.314 e. The van der Waals surface area contributed by atoms with E-state index in [1.54, 1.807) is 0 Å². The third-order valence-electron chi connectivity index (χ3n) is 2.95. The van der Waals surface area contributed by atoms with Gasteiger partial charge in [0.25, 0.3) is 0 Å². The van der Waals surface area contributed by atoms with Crippen molar-refractivity contribution in [3.63, 3.8) is 0 Å². The molecule has 0 bridgehead atoms. The van der Waals surface area contributed by atoms with Crippen LogP contribution in [0.15, 0.2) is 6.33 Å². The van der Waals surface area contributed by atoms with Crippen molar-refractivity contribution in [3.8, 4) is 0 Å². The van der Waals surface area contributed by atoms with Crippen molar-refractivity contribution in [2.45, 2.75) is 45.6 Å². The maximum atomic E-state index is 4.21. The summed E-state index contributed by atoms with van der Waals surface area (Å²) in [5.74, 6) is 2.32. The molecular weight excluding hydrogens is 162 g/mol. The summed E-state index contributed by atoms with van der Waals surface area (Å²) >= 11 is 0. The third-order valence-corrected chi connectivity index (χ3v) is 2.95. The van der Waals surface area contributed by atoms with Gasteiger partial charge in [-0.15, -0.1) is 10.2 Å². The van der Waals surface area contributed by atoms with Crippen LogP contribution in [0.4, 0.5) is 0 Å². The molecule has 0 aromatic carbocycles. The Hall–Kier alpha value is -0.860. The second kappa shape index (κ2) is 3.13. The van der Waals surface area contributed by atoms with E-state index in [0.29, 0.717) is 17.9 Å². The maximum Gasteiger partial charge on any atom is 0.136 e. The van der Waals surface area contributed by atoms with Crippen LogP contribution in [0.5, 0.6) is 0 Å². The average Bonchev–Trinajstić information content (AvgIpc) is 2.83. The molecule has 0 aliphatic heterocycles. The van der Waals surface area contributed by atoms with Gasteiger partial charge in [0.05, 0.1) is 0 Å². The summed E-state index contributed by atoms with van der Waals surface area (Å²) in [6.45, 7) is 6.70. The standard InChI is InChI=1S/C10H17N3/c1-7(2)8(3)10-12-11-6-13(10)9-4-5-9/h6-9H,4-5H2,1-3H3. The SMILES string of the molecule is CC(C)C(C)c1nncn1C1CC1. The summed E-state index contributed by atoms with van der Waals surface area (Å²) in [4.78, 5) is 0. The van der Waals surface area contributed by atoms with Gasteiger partial charge in [-0.3, -0.25) is 0 Å². The molecule has 0 saturated heterocycles. The van der Waals surface area contributed by atoms with E-state index in [9.17, 15) is 0 Å². The van der Waals surface area contributed by atoms with E-state index in [1.807, 2.05) is 6.33 Å². The van der Waals surface area contributed by atoms with Gasteiger partial charge in [0.15, 0.2) is 0 Å². The molecule has 1 unspecified atom stereocenters. The molecule has 0 amide bonds. The molecule has 1 aliphatic carbocycles. The van der Waals surface area contributed by atoms with Gasteiger partial charge < -0.3 is 4.57 Å². The van der Waals surface area contributed by atoms with Gasteiger partial charge in [-0.1, -0.05) is 20.8 Å². The zero-order valence-electron chi connectivity index (χ0n) is 8.57. The van der Waals surface area contributed by atoms with E-state index in [2.05, 4.69) is 35.5 Å². The Bertz CT molecular complexity index is 286. The maximum absolute atomic E-state index is 4.21. The normalized spacial score (nSPS) is 19.4. The fraction of sp³-hybridized carbons (Fsp3) is 0.800. The fourth-order valence-electron chi connectivity index (χ4n) is 1.51. The molecule has 1 fully saturated rings. The van der Waals surface area contributed by atoms with Crippen LogP contribution < -0.4 is 0 Å². The fourth-order valence-corrected chi connectivity index (χ4v) is 1.51. The van der Waals surface area contributed by atoms with Crippen molar-refractivity contribution >= 4 is 0 Å². The minimum Gasteiger partial charge on any atom is -0.314 e. The van der Waals surface area contributed by atoms with E-state index in [-0.39, 0.29) is 0 Å². The lowest BCUT2D eigenvalue weighted by Crippen LogP contribution is -2.10. The highest BCUT2D eigenvalue weighted by Crippen LogP contribution is 2.37. The topological polar surface area (TPSA) is 30.7 Å². The predicted molar refractivity (Wildman–Crippen MR) is 51.5 cm³/mol. The lowest BCUT2D eigenvalue weighted by Gasteiger charge is -2.15. The lowest BCUT2D eigenvalue weighted by molar-refractivity contribution is 0.484. The second-order valence-corrected chi connectivity index (χ2v) is 4.36. The lowest BCUT2D eigenvalue weighted by atomic mass is 9.97. The van der Waals surface area contributed by atoms with Gasteiger partial charge in [0, 0.05) is 12.0 Å². The van der Waals surface area contributed by atoms with Crippen LogP contribution >= 0.6 is 0 Å². The zero-order valence-corrected chi connectivity index (χ0v) is 8.57. The predicted octanol–water partition coefficient (Wildman–Crippen LogP) is 2.37. The van der Waals surface area contributed by atoms with Gasteiger partial charge in [-0.25, -0.2) is 0 Å². The molecule has 3 heteroatoms. The monoisotopic (exact) mass is 179 g/mol. The highest BCUT2D eigenvalue weighted by molar-refractivity contribution is 5.01. The van der Waals surface area contributed by atoms with Crippen LogP contribution in [-0.4, -0.2) is 14.8 Å². The van der Waals surface area contributed by atoms with Gasteiger partial charge in [0.2, 0.25) is 0 Å². The van der Waals surface area contributed by atoms with Gasteiger partial charge in [-0.2, -0.15) is 0 Å². The van der Waals surface area contributed by atoms with E-state index in [1.165, 1.54) is 12.8 Å². The average molecular weight is 179 g/mol. The molecule has 1 aromatic heterocycles. The smallest absolute Gasteiger partial charge is 0.136 e. The minimum atomic E-state index is 0.517. The minimum absolute atomic E-state index is 0.517. The molecule has 13 heavy (non-hydrogen) atoms. The van der Waals surface area contributed by atoms with Crippen molar-refractivity contribution < 1.29 is 0 Å². The van der Waals surface area contributed by atoms with Gasteiger partial charge in [0.1, 0.15) is 12.2 Å². The number of hydrogen-bond donors (Lipinski definition) is 0. The Morgan fingerprint density at radius 2 is 2.08 bits per heavy atom. The summed E-state index contributed by atoms with van der Waals surface area (Å²) in [5.41, 5.74) is 0. The first kappa shape index (κ1) is 8.73. The molecule has 1 aromatic rings. The van der Waals surface area contributed by atoms with Crippen molar-refractivity contribution in [3.05, 3.63) is 12.2 Å². The Morgan fingerprint density at radius 3 is 2.62 bits per heavy atom. The third kappa shape index (κ3) is 1.60. The zero-order chi connectivity index (χ0) is 9.42. The number of nitrogens with zero attached hydrogens (tertiary/aromatic N) is 3. The summed E-state index contributed by atoms with van der Waals surface area (Å²) in [5, 5.41) is 8.21.